The minimum absolute atomic E-state index is 0.0125. The molecular formula is C11H19NO5. The van der Waals surface area contributed by atoms with Crippen LogP contribution in [0.4, 0.5) is 0 Å². The van der Waals surface area contributed by atoms with E-state index in [0.717, 1.165) is 26.3 Å². The first kappa shape index (κ1) is 13.9. The summed E-state index contributed by atoms with van der Waals surface area (Å²) in [7, 11) is 0. The van der Waals surface area contributed by atoms with Crippen molar-refractivity contribution >= 4 is 11.9 Å². The number of esters is 1. The van der Waals surface area contributed by atoms with Gasteiger partial charge in [-0.3, -0.25) is 14.5 Å². The van der Waals surface area contributed by atoms with Crippen LogP contribution in [0.15, 0.2) is 0 Å². The molecule has 0 saturated carbocycles. The van der Waals surface area contributed by atoms with Crippen molar-refractivity contribution in [2.45, 2.75) is 19.3 Å². The summed E-state index contributed by atoms with van der Waals surface area (Å²) < 4.78 is 10.2. The molecule has 1 heterocycles. The minimum Gasteiger partial charge on any atom is -0.481 e. The van der Waals surface area contributed by atoms with E-state index in [4.69, 9.17) is 14.6 Å². The lowest BCUT2D eigenvalue weighted by molar-refractivity contribution is -0.144. The summed E-state index contributed by atoms with van der Waals surface area (Å²) in [5.41, 5.74) is 0. The van der Waals surface area contributed by atoms with E-state index in [1.807, 2.05) is 0 Å². The number of carboxylic acids is 1. The molecule has 1 aliphatic heterocycles. The molecule has 0 aromatic carbocycles. The highest BCUT2D eigenvalue weighted by atomic mass is 16.5. The molecule has 0 aromatic heterocycles. The second kappa shape index (κ2) is 8.03. The van der Waals surface area contributed by atoms with Gasteiger partial charge in [-0.05, 0) is 6.42 Å². The maximum atomic E-state index is 11.2. The van der Waals surface area contributed by atoms with Crippen molar-refractivity contribution in [3.8, 4) is 0 Å². The second-order valence-electron chi connectivity index (χ2n) is 3.92. The fourth-order valence-corrected chi connectivity index (χ4v) is 1.57. The van der Waals surface area contributed by atoms with Crippen LogP contribution < -0.4 is 0 Å². The first-order valence-electron chi connectivity index (χ1n) is 5.86. The van der Waals surface area contributed by atoms with Crippen LogP contribution in [0, 0.1) is 0 Å². The average Bonchev–Trinajstić information content (AvgIpc) is 2.30. The second-order valence-corrected chi connectivity index (χ2v) is 3.92. The zero-order valence-corrected chi connectivity index (χ0v) is 9.89. The molecule has 0 aromatic rings. The number of rotatable bonds is 7. The Balaban J connectivity index is 1.97. The molecule has 17 heavy (non-hydrogen) atoms. The van der Waals surface area contributed by atoms with E-state index in [0.29, 0.717) is 19.6 Å². The first-order valence-corrected chi connectivity index (χ1v) is 5.86. The van der Waals surface area contributed by atoms with E-state index in [-0.39, 0.29) is 18.8 Å². The van der Waals surface area contributed by atoms with Gasteiger partial charge in [0, 0.05) is 32.5 Å². The molecule has 1 aliphatic rings. The fourth-order valence-electron chi connectivity index (χ4n) is 1.57. The van der Waals surface area contributed by atoms with Crippen molar-refractivity contribution in [2.75, 3.05) is 39.5 Å². The molecule has 1 rings (SSSR count). The number of ether oxygens (including phenoxy) is 2. The van der Waals surface area contributed by atoms with Crippen LogP contribution in [0.5, 0.6) is 0 Å². The molecule has 1 N–H and O–H groups in total. The molecule has 98 valence electrons. The van der Waals surface area contributed by atoms with Gasteiger partial charge in [0.15, 0.2) is 0 Å². The maximum Gasteiger partial charge on any atom is 0.305 e. The molecule has 0 unspecified atom stereocenters. The average molecular weight is 245 g/mol. The fraction of sp³-hybridized carbons (Fsp3) is 0.818. The Hall–Kier alpha value is -1.14. The summed E-state index contributed by atoms with van der Waals surface area (Å²) >= 11 is 0. The quantitative estimate of drug-likeness (QED) is 0.642. The van der Waals surface area contributed by atoms with Gasteiger partial charge in [0.2, 0.25) is 0 Å². The third-order valence-corrected chi connectivity index (χ3v) is 2.55. The van der Waals surface area contributed by atoms with Crippen molar-refractivity contribution < 1.29 is 24.2 Å². The van der Waals surface area contributed by atoms with Gasteiger partial charge in [-0.2, -0.15) is 0 Å². The highest BCUT2D eigenvalue weighted by Crippen LogP contribution is 1.99. The maximum absolute atomic E-state index is 11.2. The first-order chi connectivity index (χ1) is 8.18. The molecule has 0 bridgehead atoms. The highest BCUT2D eigenvalue weighted by molar-refractivity contribution is 5.71. The number of nitrogens with zero attached hydrogens (tertiary/aromatic N) is 1. The predicted molar refractivity (Wildman–Crippen MR) is 59.7 cm³/mol. The van der Waals surface area contributed by atoms with Crippen molar-refractivity contribution in [1.82, 2.24) is 4.90 Å². The zero-order valence-electron chi connectivity index (χ0n) is 9.89. The Bertz CT molecular complexity index is 250. The van der Waals surface area contributed by atoms with E-state index >= 15 is 0 Å². The van der Waals surface area contributed by atoms with Gasteiger partial charge in [0.25, 0.3) is 0 Å². The third-order valence-electron chi connectivity index (χ3n) is 2.55. The van der Waals surface area contributed by atoms with Gasteiger partial charge >= 0.3 is 11.9 Å². The lowest BCUT2D eigenvalue weighted by Gasteiger charge is -2.26. The Morgan fingerprint density at radius 1 is 1.24 bits per heavy atom. The monoisotopic (exact) mass is 245 g/mol. The number of carbonyl (C=O) groups is 2. The molecule has 1 fully saturated rings. The van der Waals surface area contributed by atoms with Gasteiger partial charge in [0.05, 0.1) is 13.2 Å². The molecule has 0 atom stereocenters. The summed E-state index contributed by atoms with van der Waals surface area (Å²) in [4.78, 5) is 23.6. The van der Waals surface area contributed by atoms with Crippen LogP contribution in [0.3, 0.4) is 0 Å². The highest BCUT2D eigenvalue weighted by Gasteiger charge is 2.11. The molecular weight excluding hydrogens is 226 g/mol. The summed E-state index contributed by atoms with van der Waals surface area (Å²) in [6.45, 7) is 4.28. The Kier molecular flexibility index (Phi) is 6.57. The SMILES string of the molecule is O=C(O)CCCC(=O)OCCN1CCOCC1. The van der Waals surface area contributed by atoms with Gasteiger partial charge < -0.3 is 14.6 Å². The van der Waals surface area contributed by atoms with Gasteiger partial charge in [-0.15, -0.1) is 0 Å². The molecule has 6 nitrogen and oxygen atoms in total. The molecule has 0 amide bonds. The van der Waals surface area contributed by atoms with Gasteiger partial charge in [0.1, 0.15) is 6.61 Å². The number of carbonyl (C=O) groups excluding carboxylic acids is 1. The van der Waals surface area contributed by atoms with Crippen LogP contribution >= 0.6 is 0 Å². The van der Waals surface area contributed by atoms with Crippen molar-refractivity contribution in [3.63, 3.8) is 0 Å². The zero-order chi connectivity index (χ0) is 12.5. The van der Waals surface area contributed by atoms with E-state index in [1.54, 1.807) is 0 Å². The van der Waals surface area contributed by atoms with Crippen LogP contribution in [0.2, 0.25) is 0 Å². The molecule has 1 saturated heterocycles. The van der Waals surface area contributed by atoms with Crippen molar-refractivity contribution in [1.29, 1.82) is 0 Å². The summed E-state index contributed by atoms with van der Waals surface area (Å²) in [5, 5.41) is 8.40. The van der Waals surface area contributed by atoms with Crippen LogP contribution in [-0.4, -0.2) is 61.4 Å². The topological polar surface area (TPSA) is 76.1 Å². The van der Waals surface area contributed by atoms with Crippen LogP contribution in [0.25, 0.3) is 0 Å². The number of hydrogen-bond acceptors (Lipinski definition) is 5. The number of hydrogen-bond donors (Lipinski definition) is 1. The van der Waals surface area contributed by atoms with E-state index in [1.165, 1.54) is 0 Å². The number of aliphatic carboxylic acids is 1. The minimum atomic E-state index is -0.883. The Morgan fingerprint density at radius 2 is 1.94 bits per heavy atom. The summed E-state index contributed by atoms with van der Waals surface area (Å²) in [6, 6.07) is 0. The molecule has 0 radical (unpaired) electrons. The molecule has 0 spiro atoms. The third kappa shape index (κ3) is 6.91. The predicted octanol–water partition coefficient (Wildman–Crippen LogP) is 0.117. The van der Waals surface area contributed by atoms with E-state index in [2.05, 4.69) is 4.90 Å². The van der Waals surface area contributed by atoms with Crippen molar-refractivity contribution in [2.24, 2.45) is 0 Å². The summed E-state index contributed by atoms with van der Waals surface area (Å²) in [6.07, 6.45) is 0.527. The van der Waals surface area contributed by atoms with E-state index < -0.39 is 5.97 Å². The van der Waals surface area contributed by atoms with Gasteiger partial charge in [-0.1, -0.05) is 0 Å². The lowest BCUT2D eigenvalue weighted by atomic mass is 10.2. The van der Waals surface area contributed by atoms with E-state index in [9.17, 15) is 9.59 Å². The Labute approximate surface area is 100 Å². The standard InChI is InChI=1S/C11H19NO5/c13-10(14)2-1-3-11(15)17-9-6-12-4-7-16-8-5-12/h1-9H2,(H,13,14). The van der Waals surface area contributed by atoms with Crippen molar-refractivity contribution in [3.05, 3.63) is 0 Å². The Morgan fingerprint density at radius 3 is 2.59 bits per heavy atom. The smallest absolute Gasteiger partial charge is 0.305 e. The molecule has 0 aliphatic carbocycles. The largest absolute Gasteiger partial charge is 0.481 e. The summed E-state index contributed by atoms with van der Waals surface area (Å²) in [5.74, 6) is -1.20. The number of morpholine rings is 1. The van der Waals surface area contributed by atoms with Crippen LogP contribution in [-0.2, 0) is 19.1 Å². The number of carboxylic acid groups (broad SMARTS) is 1. The normalized spacial score (nSPS) is 16.7. The lowest BCUT2D eigenvalue weighted by Crippen LogP contribution is -2.38. The molecule has 6 heteroatoms. The van der Waals surface area contributed by atoms with Crippen LogP contribution in [0.1, 0.15) is 19.3 Å². The van der Waals surface area contributed by atoms with Gasteiger partial charge in [-0.25, -0.2) is 0 Å².